The maximum absolute atomic E-state index is 11.1. The van der Waals surface area contributed by atoms with Gasteiger partial charge in [0.1, 0.15) is 0 Å². The van der Waals surface area contributed by atoms with Crippen LogP contribution in [-0.2, 0) is 4.79 Å². The van der Waals surface area contributed by atoms with Crippen LogP contribution in [0.25, 0.3) is 0 Å². The Kier molecular flexibility index (Phi) is 10.8. The molecule has 0 radical (unpaired) electrons. The van der Waals surface area contributed by atoms with Crippen LogP contribution in [0.4, 0.5) is 0 Å². The molecule has 0 rings (SSSR count). The molecule has 0 unspecified atom stereocenters. The van der Waals surface area contributed by atoms with Crippen LogP contribution in [0, 0.1) is 0 Å². The van der Waals surface area contributed by atoms with Crippen LogP contribution >= 0.6 is 0 Å². The van der Waals surface area contributed by atoms with Gasteiger partial charge in [-0.2, -0.15) is 0 Å². The predicted octanol–water partition coefficient (Wildman–Crippen LogP) is 5.48. The molecule has 0 aromatic rings. The van der Waals surface area contributed by atoms with Gasteiger partial charge < -0.3 is 0 Å². The Morgan fingerprint density at radius 2 is 1.32 bits per heavy atom. The van der Waals surface area contributed by atoms with Gasteiger partial charge in [0.25, 0.3) is 0 Å². The second kappa shape index (κ2) is 10.8. The molecule has 0 amide bonds. The first-order chi connectivity index (χ1) is 9.01. The SMILES string of the molecule is C=C([CH2][Sn]([CH2]CCC)([CH2]CCC)[CH2]CCC)C(=O)O. The van der Waals surface area contributed by atoms with Crippen LogP contribution in [0.2, 0.25) is 17.7 Å². The van der Waals surface area contributed by atoms with Crippen molar-refractivity contribution in [1.29, 1.82) is 0 Å². The van der Waals surface area contributed by atoms with Crippen molar-refractivity contribution in [2.45, 2.75) is 77.0 Å². The standard InChI is InChI=1S/C4H5O2.3C4H9.Sn/c1-3(2)4(5)6;3*1-3-4-2;/h1-2H2,(H,5,6);3*1,3-4H2,2H3;. The summed E-state index contributed by atoms with van der Waals surface area (Å²) >= 11 is -2.31. The van der Waals surface area contributed by atoms with Crippen LogP contribution in [0.15, 0.2) is 12.2 Å². The summed E-state index contributed by atoms with van der Waals surface area (Å²) in [6, 6.07) is 0. The van der Waals surface area contributed by atoms with E-state index in [-0.39, 0.29) is 0 Å². The normalized spacial score (nSPS) is 11.5. The molecule has 0 bridgehead atoms. The van der Waals surface area contributed by atoms with E-state index in [1.54, 1.807) is 0 Å². The van der Waals surface area contributed by atoms with E-state index < -0.39 is 24.3 Å². The van der Waals surface area contributed by atoms with E-state index >= 15 is 0 Å². The summed E-state index contributed by atoms with van der Waals surface area (Å²) in [5, 5.41) is 9.16. The van der Waals surface area contributed by atoms with Crippen LogP contribution < -0.4 is 0 Å². The quantitative estimate of drug-likeness (QED) is 0.363. The van der Waals surface area contributed by atoms with Crippen molar-refractivity contribution in [3.63, 3.8) is 0 Å². The van der Waals surface area contributed by atoms with Gasteiger partial charge in [0.15, 0.2) is 0 Å². The summed E-state index contributed by atoms with van der Waals surface area (Å²) < 4.78 is 4.95. The van der Waals surface area contributed by atoms with Crippen molar-refractivity contribution in [2.24, 2.45) is 0 Å². The Labute approximate surface area is 123 Å². The molecular formula is C16H32O2Sn. The molecule has 19 heavy (non-hydrogen) atoms. The molecule has 0 aliphatic carbocycles. The van der Waals surface area contributed by atoms with Gasteiger partial charge in [-0.1, -0.05) is 0 Å². The summed E-state index contributed by atoms with van der Waals surface area (Å²) in [7, 11) is 0. The van der Waals surface area contributed by atoms with Gasteiger partial charge >= 0.3 is 123 Å². The summed E-state index contributed by atoms with van der Waals surface area (Å²) in [5.74, 6) is -0.773. The fourth-order valence-corrected chi connectivity index (χ4v) is 18.9. The molecule has 0 aliphatic heterocycles. The van der Waals surface area contributed by atoms with Gasteiger partial charge in [0.05, 0.1) is 0 Å². The van der Waals surface area contributed by atoms with Gasteiger partial charge in [-0.15, -0.1) is 0 Å². The van der Waals surface area contributed by atoms with E-state index in [1.165, 1.54) is 51.8 Å². The first-order valence-electron chi connectivity index (χ1n) is 7.92. The van der Waals surface area contributed by atoms with Gasteiger partial charge in [0, 0.05) is 0 Å². The molecule has 0 aliphatic rings. The van der Waals surface area contributed by atoms with Crippen LogP contribution in [-0.4, -0.2) is 29.5 Å². The molecule has 0 saturated heterocycles. The van der Waals surface area contributed by atoms with Crippen molar-refractivity contribution in [2.75, 3.05) is 0 Å². The fraction of sp³-hybridized carbons (Fsp3) is 0.812. The first-order valence-corrected chi connectivity index (χ1v) is 16.0. The Morgan fingerprint density at radius 1 is 0.947 bits per heavy atom. The second-order valence-electron chi connectivity index (χ2n) is 5.90. The molecular weight excluding hydrogens is 343 g/mol. The summed E-state index contributed by atoms with van der Waals surface area (Å²) in [5.41, 5.74) is 0.485. The zero-order valence-corrected chi connectivity index (χ0v) is 16.0. The molecule has 0 spiro atoms. The van der Waals surface area contributed by atoms with Crippen LogP contribution in [0.3, 0.4) is 0 Å². The van der Waals surface area contributed by atoms with E-state index in [2.05, 4.69) is 27.4 Å². The third kappa shape index (κ3) is 8.01. The number of carbonyl (C=O) groups is 1. The molecule has 0 fully saturated rings. The zero-order valence-electron chi connectivity index (χ0n) is 13.1. The van der Waals surface area contributed by atoms with Crippen molar-refractivity contribution in [1.82, 2.24) is 0 Å². The molecule has 0 aromatic heterocycles. The average molecular weight is 375 g/mol. The van der Waals surface area contributed by atoms with Gasteiger partial charge in [-0.25, -0.2) is 0 Å². The number of rotatable bonds is 12. The molecule has 0 atom stereocenters. The first kappa shape index (κ1) is 19.0. The summed E-state index contributed by atoms with van der Waals surface area (Å²) in [4.78, 5) is 11.1. The number of carboxylic acids is 1. The van der Waals surface area contributed by atoms with E-state index in [1.807, 2.05) is 0 Å². The van der Waals surface area contributed by atoms with Gasteiger partial charge in [0.2, 0.25) is 0 Å². The van der Waals surface area contributed by atoms with Crippen molar-refractivity contribution in [3.8, 4) is 0 Å². The van der Waals surface area contributed by atoms with E-state index in [9.17, 15) is 4.79 Å². The molecule has 1 N–H and O–H groups in total. The number of hydrogen-bond acceptors (Lipinski definition) is 1. The summed E-state index contributed by atoms with van der Waals surface area (Å²) in [6.07, 6.45) is 7.56. The maximum atomic E-state index is 11.1. The van der Waals surface area contributed by atoms with E-state index in [0.717, 1.165) is 4.44 Å². The average Bonchev–Trinajstić information content (AvgIpc) is 2.40. The molecule has 0 heterocycles. The number of aliphatic carboxylic acids is 1. The van der Waals surface area contributed by atoms with E-state index in [0.29, 0.717) is 5.57 Å². The van der Waals surface area contributed by atoms with Gasteiger partial charge in [-0.3, -0.25) is 0 Å². The molecule has 3 heteroatoms. The minimum atomic E-state index is -2.31. The monoisotopic (exact) mass is 376 g/mol. The minimum absolute atomic E-state index is 0.485. The van der Waals surface area contributed by atoms with Crippen LogP contribution in [0.1, 0.15) is 59.3 Å². The zero-order chi connectivity index (χ0) is 14.7. The fourth-order valence-electron chi connectivity index (χ4n) is 2.82. The Bertz CT molecular complexity index is 252. The topological polar surface area (TPSA) is 37.3 Å². The van der Waals surface area contributed by atoms with E-state index in [4.69, 9.17) is 5.11 Å². The van der Waals surface area contributed by atoms with Gasteiger partial charge in [-0.05, 0) is 0 Å². The number of hydrogen-bond donors (Lipinski definition) is 1. The number of carboxylic acid groups (broad SMARTS) is 1. The molecule has 2 nitrogen and oxygen atoms in total. The molecule has 0 saturated carbocycles. The summed E-state index contributed by atoms with van der Waals surface area (Å²) in [6.45, 7) is 10.5. The Balaban J connectivity index is 4.85. The number of unbranched alkanes of at least 4 members (excludes halogenated alkanes) is 3. The third-order valence-corrected chi connectivity index (χ3v) is 19.5. The second-order valence-corrected chi connectivity index (χ2v) is 19.7. The Morgan fingerprint density at radius 3 is 1.58 bits per heavy atom. The Hall–Kier alpha value is 0.00870. The van der Waals surface area contributed by atoms with Crippen molar-refractivity contribution in [3.05, 3.63) is 12.2 Å². The third-order valence-electron chi connectivity index (χ3n) is 4.07. The molecule has 112 valence electrons. The molecule has 0 aromatic carbocycles. The van der Waals surface area contributed by atoms with Crippen molar-refractivity contribution >= 4 is 24.3 Å². The van der Waals surface area contributed by atoms with Crippen LogP contribution in [0.5, 0.6) is 0 Å². The predicted molar refractivity (Wildman–Crippen MR) is 86.5 cm³/mol. The van der Waals surface area contributed by atoms with Crippen molar-refractivity contribution < 1.29 is 9.90 Å².